The van der Waals surface area contributed by atoms with Crippen LogP contribution in [0.15, 0.2) is 24.3 Å². The van der Waals surface area contributed by atoms with E-state index < -0.39 is 5.60 Å². The van der Waals surface area contributed by atoms with Crippen LogP contribution in [0.1, 0.15) is 45.6 Å². The SMILES string of the molecule is COc1ccc(C2(O)CC(C)CC(C)(C)C2)cc1. The Kier molecular flexibility index (Phi) is 3.41. The molecule has 1 aliphatic carbocycles. The molecule has 0 radical (unpaired) electrons. The van der Waals surface area contributed by atoms with Crippen LogP contribution >= 0.6 is 0 Å². The highest BCUT2D eigenvalue weighted by Crippen LogP contribution is 2.48. The number of benzene rings is 1. The molecule has 1 aromatic rings. The average Bonchev–Trinajstić information content (AvgIpc) is 2.26. The second-order valence-corrected chi connectivity index (χ2v) is 6.61. The molecule has 0 amide bonds. The number of ether oxygens (including phenoxy) is 1. The van der Waals surface area contributed by atoms with Gasteiger partial charge in [-0.2, -0.15) is 0 Å². The van der Waals surface area contributed by atoms with Gasteiger partial charge in [0.2, 0.25) is 0 Å². The number of aliphatic hydroxyl groups is 1. The van der Waals surface area contributed by atoms with E-state index in [2.05, 4.69) is 20.8 Å². The number of hydrogen-bond acceptors (Lipinski definition) is 2. The number of methoxy groups -OCH3 is 1. The van der Waals surface area contributed by atoms with Gasteiger partial charge in [-0.05, 0) is 48.3 Å². The fourth-order valence-electron chi connectivity index (χ4n) is 3.65. The molecule has 0 bridgehead atoms. The Labute approximate surface area is 110 Å². The molecular formula is C16H24O2. The van der Waals surface area contributed by atoms with Crippen molar-refractivity contribution < 1.29 is 9.84 Å². The molecule has 1 fully saturated rings. The first kappa shape index (κ1) is 13.4. The van der Waals surface area contributed by atoms with Crippen LogP contribution < -0.4 is 4.74 Å². The average molecular weight is 248 g/mol. The molecule has 1 saturated carbocycles. The summed E-state index contributed by atoms with van der Waals surface area (Å²) in [6, 6.07) is 7.85. The quantitative estimate of drug-likeness (QED) is 0.864. The third-order valence-electron chi connectivity index (χ3n) is 3.99. The minimum absolute atomic E-state index is 0.201. The molecule has 18 heavy (non-hydrogen) atoms. The van der Waals surface area contributed by atoms with E-state index in [-0.39, 0.29) is 5.41 Å². The van der Waals surface area contributed by atoms with E-state index in [4.69, 9.17) is 4.74 Å². The van der Waals surface area contributed by atoms with Gasteiger partial charge in [-0.25, -0.2) is 0 Å². The molecule has 2 rings (SSSR count). The molecule has 0 heterocycles. The van der Waals surface area contributed by atoms with Crippen molar-refractivity contribution in [3.63, 3.8) is 0 Å². The number of hydrogen-bond donors (Lipinski definition) is 1. The topological polar surface area (TPSA) is 29.5 Å². The maximum atomic E-state index is 11.0. The zero-order valence-corrected chi connectivity index (χ0v) is 11.9. The largest absolute Gasteiger partial charge is 0.497 e. The highest BCUT2D eigenvalue weighted by molar-refractivity contribution is 5.31. The van der Waals surface area contributed by atoms with E-state index in [1.165, 1.54) is 6.42 Å². The van der Waals surface area contributed by atoms with Crippen LogP contribution in [0.2, 0.25) is 0 Å². The first-order valence-corrected chi connectivity index (χ1v) is 6.72. The lowest BCUT2D eigenvalue weighted by molar-refractivity contribution is -0.0635. The van der Waals surface area contributed by atoms with Crippen LogP contribution in [0, 0.1) is 11.3 Å². The van der Waals surface area contributed by atoms with E-state index in [9.17, 15) is 5.11 Å². The van der Waals surface area contributed by atoms with Crippen LogP contribution in [0.5, 0.6) is 5.75 Å². The van der Waals surface area contributed by atoms with Crippen LogP contribution in [0.25, 0.3) is 0 Å². The molecule has 1 aliphatic rings. The van der Waals surface area contributed by atoms with Crippen molar-refractivity contribution in [1.82, 2.24) is 0 Å². The van der Waals surface area contributed by atoms with Gasteiger partial charge in [0.1, 0.15) is 5.75 Å². The highest BCUT2D eigenvalue weighted by atomic mass is 16.5. The first-order valence-electron chi connectivity index (χ1n) is 6.72. The molecule has 0 spiro atoms. The van der Waals surface area contributed by atoms with Crippen LogP contribution in [0.3, 0.4) is 0 Å². The van der Waals surface area contributed by atoms with E-state index >= 15 is 0 Å². The lowest BCUT2D eigenvalue weighted by Gasteiger charge is -2.45. The lowest BCUT2D eigenvalue weighted by Crippen LogP contribution is -2.39. The van der Waals surface area contributed by atoms with Crippen molar-refractivity contribution >= 4 is 0 Å². The molecule has 2 nitrogen and oxygen atoms in total. The summed E-state index contributed by atoms with van der Waals surface area (Å²) >= 11 is 0. The number of rotatable bonds is 2. The molecule has 100 valence electrons. The molecule has 1 aromatic carbocycles. The third-order valence-corrected chi connectivity index (χ3v) is 3.99. The molecule has 2 unspecified atom stereocenters. The minimum atomic E-state index is -0.687. The van der Waals surface area contributed by atoms with Crippen LogP contribution in [0.4, 0.5) is 0 Å². The summed E-state index contributed by atoms with van der Waals surface area (Å²) in [6.45, 7) is 6.73. The second kappa shape index (κ2) is 4.58. The molecule has 0 aliphatic heterocycles. The summed E-state index contributed by atoms with van der Waals surface area (Å²) in [5, 5.41) is 11.0. The van der Waals surface area contributed by atoms with Crippen molar-refractivity contribution in [2.75, 3.05) is 7.11 Å². The van der Waals surface area contributed by atoms with Crippen molar-refractivity contribution in [2.45, 2.75) is 45.6 Å². The molecule has 2 atom stereocenters. The maximum absolute atomic E-state index is 11.0. The predicted octanol–water partition coefficient (Wildman–Crippen LogP) is 3.73. The standard InChI is InChI=1S/C16H24O2/c1-12-9-15(2,3)11-16(17,10-12)13-5-7-14(18-4)8-6-13/h5-8,12,17H,9-11H2,1-4H3. The summed E-state index contributed by atoms with van der Waals surface area (Å²) < 4.78 is 5.17. The first-order chi connectivity index (χ1) is 8.35. The van der Waals surface area contributed by atoms with E-state index in [0.717, 1.165) is 24.2 Å². The van der Waals surface area contributed by atoms with E-state index in [1.807, 2.05) is 24.3 Å². The predicted molar refractivity (Wildman–Crippen MR) is 73.7 cm³/mol. The Morgan fingerprint density at radius 3 is 2.28 bits per heavy atom. The fraction of sp³-hybridized carbons (Fsp3) is 0.625. The Hall–Kier alpha value is -1.02. The summed E-state index contributed by atoms with van der Waals surface area (Å²) in [6.07, 6.45) is 2.87. The van der Waals surface area contributed by atoms with Crippen LogP contribution in [-0.2, 0) is 5.60 Å². The van der Waals surface area contributed by atoms with Gasteiger partial charge >= 0.3 is 0 Å². The highest BCUT2D eigenvalue weighted by Gasteiger charge is 2.42. The zero-order valence-electron chi connectivity index (χ0n) is 11.9. The van der Waals surface area contributed by atoms with Gasteiger partial charge in [0, 0.05) is 0 Å². The fourth-order valence-corrected chi connectivity index (χ4v) is 3.65. The van der Waals surface area contributed by atoms with E-state index in [1.54, 1.807) is 7.11 Å². The van der Waals surface area contributed by atoms with Gasteiger partial charge in [0.15, 0.2) is 0 Å². The summed E-state index contributed by atoms with van der Waals surface area (Å²) in [4.78, 5) is 0. The Balaban J connectivity index is 2.28. The van der Waals surface area contributed by atoms with Gasteiger partial charge in [0.05, 0.1) is 12.7 Å². The minimum Gasteiger partial charge on any atom is -0.497 e. The normalized spacial score (nSPS) is 31.1. The van der Waals surface area contributed by atoms with E-state index in [0.29, 0.717) is 5.92 Å². The second-order valence-electron chi connectivity index (χ2n) is 6.61. The summed E-state index contributed by atoms with van der Waals surface area (Å²) in [5.74, 6) is 1.39. The molecule has 2 heteroatoms. The molecule has 0 saturated heterocycles. The van der Waals surface area contributed by atoms with Crippen LogP contribution in [-0.4, -0.2) is 12.2 Å². The van der Waals surface area contributed by atoms with Crippen molar-refractivity contribution in [3.05, 3.63) is 29.8 Å². The lowest BCUT2D eigenvalue weighted by atomic mass is 9.64. The maximum Gasteiger partial charge on any atom is 0.118 e. The zero-order chi connectivity index (χ0) is 13.4. The molecule has 1 N–H and O–H groups in total. The monoisotopic (exact) mass is 248 g/mol. The van der Waals surface area contributed by atoms with Gasteiger partial charge in [-0.1, -0.05) is 32.9 Å². The Morgan fingerprint density at radius 1 is 1.17 bits per heavy atom. The van der Waals surface area contributed by atoms with Crippen molar-refractivity contribution in [1.29, 1.82) is 0 Å². The summed E-state index contributed by atoms with van der Waals surface area (Å²) in [5.41, 5.74) is 0.530. The Morgan fingerprint density at radius 2 is 1.78 bits per heavy atom. The van der Waals surface area contributed by atoms with Gasteiger partial charge in [-0.3, -0.25) is 0 Å². The molecular weight excluding hydrogens is 224 g/mol. The molecule has 0 aromatic heterocycles. The smallest absolute Gasteiger partial charge is 0.118 e. The van der Waals surface area contributed by atoms with Gasteiger partial charge in [-0.15, -0.1) is 0 Å². The van der Waals surface area contributed by atoms with Crippen molar-refractivity contribution in [3.8, 4) is 5.75 Å². The van der Waals surface area contributed by atoms with Gasteiger partial charge < -0.3 is 9.84 Å². The summed E-state index contributed by atoms with van der Waals surface area (Å²) in [7, 11) is 1.66. The third kappa shape index (κ3) is 2.69. The van der Waals surface area contributed by atoms with Crippen molar-refractivity contribution in [2.24, 2.45) is 11.3 Å². The van der Waals surface area contributed by atoms with Gasteiger partial charge in [0.25, 0.3) is 0 Å². The Bertz CT molecular complexity index is 408.